The van der Waals surface area contributed by atoms with Crippen molar-refractivity contribution in [3.8, 4) is 11.5 Å². The maximum atomic E-state index is 12.2. The van der Waals surface area contributed by atoms with Crippen molar-refractivity contribution in [3.05, 3.63) is 70.0 Å². The zero-order valence-electron chi connectivity index (χ0n) is 12.6. The zero-order chi connectivity index (χ0) is 17.1. The molecular formula is C17H12Cl2N2O3. The molecule has 0 radical (unpaired) electrons. The van der Waals surface area contributed by atoms with Crippen molar-refractivity contribution in [1.29, 1.82) is 0 Å². The Bertz CT molecular complexity index is 865. The number of carbonyl (C=O) groups is 1. The molecule has 122 valence electrons. The summed E-state index contributed by atoms with van der Waals surface area (Å²) < 4.78 is 10.9. The van der Waals surface area contributed by atoms with Gasteiger partial charge in [-0.25, -0.2) is 4.79 Å². The smallest absolute Gasteiger partial charge is 0.340 e. The summed E-state index contributed by atoms with van der Waals surface area (Å²) in [5, 5.41) is 8.32. The highest BCUT2D eigenvalue weighted by Crippen LogP contribution is 2.28. The van der Waals surface area contributed by atoms with Crippen LogP contribution in [0.1, 0.15) is 29.3 Å². The molecule has 3 rings (SSSR count). The number of nitrogens with zero attached hydrogens (tertiary/aromatic N) is 2. The Hall–Kier alpha value is -2.37. The summed E-state index contributed by atoms with van der Waals surface area (Å²) in [6.07, 6.45) is -0.725. The number of aromatic nitrogens is 2. The van der Waals surface area contributed by atoms with Gasteiger partial charge in [-0.3, -0.25) is 0 Å². The van der Waals surface area contributed by atoms with E-state index in [0.29, 0.717) is 5.89 Å². The lowest BCUT2D eigenvalue weighted by molar-refractivity contribution is 0.0280. The predicted molar refractivity (Wildman–Crippen MR) is 90.0 cm³/mol. The molecular weight excluding hydrogens is 351 g/mol. The van der Waals surface area contributed by atoms with Crippen molar-refractivity contribution < 1.29 is 13.9 Å². The van der Waals surface area contributed by atoms with Crippen molar-refractivity contribution >= 4 is 29.2 Å². The average Bonchev–Trinajstić information content (AvgIpc) is 3.08. The molecule has 1 heterocycles. The largest absolute Gasteiger partial charge is 0.449 e. The van der Waals surface area contributed by atoms with E-state index in [1.807, 2.05) is 30.3 Å². The Labute approximate surface area is 148 Å². The first-order chi connectivity index (χ1) is 11.6. The van der Waals surface area contributed by atoms with Crippen LogP contribution in [0.5, 0.6) is 0 Å². The SMILES string of the molecule is CC(OC(=O)c1cccc(Cl)c1Cl)c1nnc(-c2ccccc2)o1. The van der Waals surface area contributed by atoms with E-state index in [1.165, 1.54) is 6.07 Å². The summed E-state index contributed by atoms with van der Waals surface area (Å²) in [7, 11) is 0. The first kappa shape index (κ1) is 16.5. The molecule has 3 aromatic rings. The lowest BCUT2D eigenvalue weighted by Crippen LogP contribution is -2.10. The maximum Gasteiger partial charge on any atom is 0.340 e. The first-order valence-electron chi connectivity index (χ1n) is 7.10. The number of ether oxygens (including phenoxy) is 1. The molecule has 0 spiro atoms. The van der Waals surface area contributed by atoms with Gasteiger partial charge in [-0.1, -0.05) is 47.5 Å². The third-order valence-corrected chi connectivity index (χ3v) is 4.08. The second-order valence-corrected chi connectivity index (χ2v) is 5.75. The molecule has 1 unspecified atom stereocenters. The van der Waals surface area contributed by atoms with Crippen LogP contribution in [0.25, 0.3) is 11.5 Å². The van der Waals surface area contributed by atoms with E-state index in [1.54, 1.807) is 19.1 Å². The van der Waals surface area contributed by atoms with Gasteiger partial charge in [-0.05, 0) is 31.2 Å². The quantitative estimate of drug-likeness (QED) is 0.613. The zero-order valence-corrected chi connectivity index (χ0v) is 14.1. The molecule has 5 nitrogen and oxygen atoms in total. The van der Waals surface area contributed by atoms with Crippen LogP contribution < -0.4 is 0 Å². The Balaban J connectivity index is 1.76. The molecule has 0 fully saturated rings. The molecule has 1 atom stereocenters. The number of hydrogen-bond acceptors (Lipinski definition) is 5. The molecule has 0 bridgehead atoms. The van der Waals surface area contributed by atoms with Gasteiger partial charge >= 0.3 is 5.97 Å². The minimum absolute atomic E-state index is 0.145. The standard InChI is InChI=1S/C17H12Cl2N2O3/c1-10(23-17(22)12-8-5-9-13(18)14(12)19)15-20-21-16(24-15)11-6-3-2-4-7-11/h2-10H,1H3. The van der Waals surface area contributed by atoms with E-state index in [-0.39, 0.29) is 21.5 Å². The number of halogens is 2. The summed E-state index contributed by atoms with van der Waals surface area (Å²) in [5.74, 6) is -0.0656. The number of benzene rings is 2. The van der Waals surface area contributed by atoms with Crippen molar-refractivity contribution in [1.82, 2.24) is 10.2 Å². The highest BCUT2D eigenvalue weighted by molar-refractivity contribution is 6.43. The van der Waals surface area contributed by atoms with Gasteiger partial charge in [0.1, 0.15) is 0 Å². The molecule has 2 aromatic carbocycles. The van der Waals surface area contributed by atoms with Crippen LogP contribution in [0.4, 0.5) is 0 Å². The van der Waals surface area contributed by atoms with Crippen LogP contribution in [0.2, 0.25) is 10.0 Å². The third-order valence-electron chi connectivity index (χ3n) is 3.26. The topological polar surface area (TPSA) is 65.2 Å². The summed E-state index contributed by atoms with van der Waals surface area (Å²) >= 11 is 11.9. The molecule has 0 saturated heterocycles. The van der Waals surface area contributed by atoms with Gasteiger partial charge in [0.2, 0.25) is 5.89 Å². The van der Waals surface area contributed by atoms with Crippen molar-refractivity contribution in [2.75, 3.05) is 0 Å². The molecule has 1 aromatic heterocycles. The van der Waals surface area contributed by atoms with E-state index in [9.17, 15) is 4.79 Å². The van der Waals surface area contributed by atoms with Gasteiger partial charge in [0.15, 0.2) is 6.10 Å². The van der Waals surface area contributed by atoms with Gasteiger partial charge in [0, 0.05) is 5.56 Å². The van der Waals surface area contributed by atoms with E-state index in [2.05, 4.69) is 10.2 Å². The Morgan fingerprint density at radius 3 is 2.58 bits per heavy atom. The van der Waals surface area contributed by atoms with E-state index in [4.69, 9.17) is 32.4 Å². The number of rotatable bonds is 4. The normalized spacial score (nSPS) is 12.0. The summed E-state index contributed by atoms with van der Waals surface area (Å²) in [6.45, 7) is 1.64. The predicted octanol–water partition coefficient (Wildman–Crippen LogP) is 4.96. The molecule has 0 aliphatic carbocycles. The Kier molecular flexibility index (Phi) is 4.83. The van der Waals surface area contributed by atoms with E-state index in [0.717, 1.165) is 5.56 Å². The molecule has 0 saturated carbocycles. The monoisotopic (exact) mass is 362 g/mol. The van der Waals surface area contributed by atoms with Gasteiger partial charge in [-0.2, -0.15) is 0 Å². The fourth-order valence-corrected chi connectivity index (χ4v) is 2.41. The highest BCUT2D eigenvalue weighted by atomic mass is 35.5. The van der Waals surface area contributed by atoms with E-state index < -0.39 is 12.1 Å². The van der Waals surface area contributed by atoms with Crippen molar-refractivity contribution in [2.45, 2.75) is 13.0 Å². The molecule has 0 aliphatic heterocycles. The molecule has 0 N–H and O–H groups in total. The van der Waals surface area contributed by atoms with Crippen LogP contribution in [0.15, 0.2) is 52.9 Å². The minimum atomic E-state index is -0.725. The second kappa shape index (κ2) is 7.03. The second-order valence-electron chi connectivity index (χ2n) is 4.96. The van der Waals surface area contributed by atoms with E-state index >= 15 is 0 Å². The average molecular weight is 363 g/mol. The number of esters is 1. The Morgan fingerprint density at radius 1 is 1.08 bits per heavy atom. The highest BCUT2D eigenvalue weighted by Gasteiger charge is 2.22. The van der Waals surface area contributed by atoms with Crippen LogP contribution in [-0.2, 0) is 4.74 Å². The Morgan fingerprint density at radius 2 is 1.83 bits per heavy atom. The van der Waals surface area contributed by atoms with Crippen LogP contribution in [-0.4, -0.2) is 16.2 Å². The fraction of sp³-hybridized carbons (Fsp3) is 0.118. The number of carbonyl (C=O) groups excluding carboxylic acids is 1. The van der Waals surface area contributed by atoms with Crippen molar-refractivity contribution in [3.63, 3.8) is 0 Å². The first-order valence-corrected chi connectivity index (χ1v) is 7.85. The summed E-state index contributed by atoms with van der Waals surface area (Å²) in [5.41, 5.74) is 0.964. The van der Waals surface area contributed by atoms with Gasteiger partial charge in [-0.15, -0.1) is 10.2 Å². The summed E-state index contributed by atoms with van der Waals surface area (Å²) in [6, 6.07) is 14.1. The molecule has 7 heteroatoms. The maximum absolute atomic E-state index is 12.2. The fourth-order valence-electron chi connectivity index (χ4n) is 2.03. The van der Waals surface area contributed by atoms with Crippen LogP contribution in [0.3, 0.4) is 0 Å². The van der Waals surface area contributed by atoms with Gasteiger partial charge < -0.3 is 9.15 Å². The molecule has 24 heavy (non-hydrogen) atoms. The van der Waals surface area contributed by atoms with Gasteiger partial charge in [0.25, 0.3) is 5.89 Å². The lowest BCUT2D eigenvalue weighted by Gasteiger charge is -2.10. The minimum Gasteiger partial charge on any atom is -0.449 e. The summed E-state index contributed by atoms with van der Waals surface area (Å²) in [4.78, 5) is 12.2. The van der Waals surface area contributed by atoms with Gasteiger partial charge in [0.05, 0.1) is 15.6 Å². The van der Waals surface area contributed by atoms with Crippen LogP contribution >= 0.6 is 23.2 Å². The van der Waals surface area contributed by atoms with Crippen molar-refractivity contribution in [2.24, 2.45) is 0 Å². The molecule has 0 amide bonds. The lowest BCUT2D eigenvalue weighted by atomic mass is 10.2. The van der Waals surface area contributed by atoms with Crippen LogP contribution in [0, 0.1) is 0 Å². The number of hydrogen-bond donors (Lipinski definition) is 0. The molecule has 0 aliphatic rings. The third kappa shape index (κ3) is 3.42.